The van der Waals surface area contributed by atoms with Gasteiger partial charge in [0.05, 0.1) is 19.1 Å². The first kappa shape index (κ1) is 9.46. The second kappa shape index (κ2) is 3.24. The van der Waals surface area contributed by atoms with Gasteiger partial charge in [-0.2, -0.15) is 0 Å². The molecule has 1 spiro atoms. The molecule has 0 saturated carbocycles. The fourth-order valence-corrected chi connectivity index (χ4v) is 2.42. The molecule has 0 amide bonds. The predicted molar refractivity (Wildman–Crippen MR) is 51.6 cm³/mol. The van der Waals surface area contributed by atoms with Crippen molar-refractivity contribution in [1.29, 1.82) is 0 Å². The van der Waals surface area contributed by atoms with Crippen LogP contribution in [0, 0.1) is 5.41 Å². The first-order valence-electron chi connectivity index (χ1n) is 4.84. The third-order valence-electron chi connectivity index (χ3n) is 3.26. The van der Waals surface area contributed by atoms with E-state index >= 15 is 0 Å². The lowest BCUT2D eigenvalue weighted by Gasteiger charge is -2.24. The van der Waals surface area contributed by atoms with E-state index in [4.69, 9.17) is 4.74 Å². The lowest BCUT2D eigenvalue weighted by atomic mass is 9.78. The van der Waals surface area contributed by atoms with Crippen LogP contribution in [0.1, 0.15) is 19.3 Å². The van der Waals surface area contributed by atoms with Gasteiger partial charge in [0.25, 0.3) is 0 Å². The van der Waals surface area contributed by atoms with Crippen molar-refractivity contribution in [2.75, 3.05) is 13.7 Å². The maximum absolute atomic E-state index is 12.0. The van der Waals surface area contributed by atoms with Gasteiger partial charge >= 0.3 is 0 Å². The molecule has 0 aromatic rings. The maximum atomic E-state index is 12.0. The van der Waals surface area contributed by atoms with Gasteiger partial charge in [-0.15, -0.1) is 0 Å². The minimum atomic E-state index is -0.458. The molecule has 3 heteroatoms. The number of methoxy groups -OCH3 is 1. The van der Waals surface area contributed by atoms with E-state index in [2.05, 4.69) is 0 Å². The topological polar surface area (TPSA) is 46.5 Å². The number of aliphatic hydroxyl groups is 1. The van der Waals surface area contributed by atoms with Crippen LogP contribution in [-0.4, -0.2) is 24.6 Å². The summed E-state index contributed by atoms with van der Waals surface area (Å²) in [5.41, 5.74) is 0.408. The molecule has 0 heterocycles. The summed E-state index contributed by atoms with van der Waals surface area (Å²) in [5, 5.41) is 9.18. The summed E-state index contributed by atoms with van der Waals surface area (Å²) in [6, 6.07) is 0. The minimum Gasteiger partial charge on any atom is -0.493 e. The van der Waals surface area contributed by atoms with E-state index in [9.17, 15) is 9.90 Å². The molecule has 0 saturated heterocycles. The summed E-state index contributed by atoms with van der Waals surface area (Å²) in [6.07, 6.45) is 6.18. The van der Waals surface area contributed by atoms with E-state index in [1.807, 2.05) is 12.2 Å². The van der Waals surface area contributed by atoms with E-state index in [-0.39, 0.29) is 12.4 Å². The summed E-state index contributed by atoms with van der Waals surface area (Å²) < 4.78 is 5.01. The Morgan fingerprint density at radius 2 is 2.36 bits per heavy atom. The quantitative estimate of drug-likeness (QED) is 0.671. The van der Waals surface area contributed by atoms with Crippen LogP contribution < -0.4 is 0 Å². The fraction of sp³-hybridized carbons (Fsp3) is 0.545. The Hall–Kier alpha value is -1.09. The van der Waals surface area contributed by atoms with Gasteiger partial charge in [-0.3, -0.25) is 4.79 Å². The molecule has 0 aromatic heterocycles. The summed E-state index contributed by atoms with van der Waals surface area (Å²) in [5.74, 6) is 0.490. The number of aliphatic hydroxyl groups excluding tert-OH is 1. The summed E-state index contributed by atoms with van der Waals surface area (Å²) >= 11 is 0. The Morgan fingerprint density at radius 1 is 1.57 bits per heavy atom. The molecule has 0 aromatic carbocycles. The number of carbonyl (C=O) groups is 1. The molecule has 2 aliphatic carbocycles. The highest BCUT2D eigenvalue weighted by Gasteiger charge is 2.48. The number of hydrogen-bond acceptors (Lipinski definition) is 3. The van der Waals surface area contributed by atoms with Crippen LogP contribution in [0.15, 0.2) is 23.5 Å². The molecule has 0 radical (unpaired) electrons. The zero-order valence-electron chi connectivity index (χ0n) is 8.25. The molecule has 2 rings (SSSR count). The van der Waals surface area contributed by atoms with Gasteiger partial charge in [-0.05, 0) is 30.9 Å². The van der Waals surface area contributed by atoms with Crippen molar-refractivity contribution in [3.63, 3.8) is 0 Å². The Labute approximate surface area is 83.1 Å². The van der Waals surface area contributed by atoms with Crippen molar-refractivity contribution in [3.8, 4) is 0 Å². The Morgan fingerprint density at radius 3 is 2.93 bits per heavy atom. The van der Waals surface area contributed by atoms with Gasteiger partial charge in [0.15, 0.2) is 5.76 Å². The molecular formula is C11H14O3. The fourth-order valence-electron chi connectivity index (χ4n) is 2.42. The van der Waals surface area contributed by atoms with Gasteiger partial charge in [-0.1, -0.05) is 6.08 Å². The van der Waals surface area contributed by atoms with Crippen LogP contribution in [0.25, 0.3) is 0 Å². The van der Waals surface area contributed by atoms with E-state index in [1.165, 1.54) is 7.11 Å². The lowest BCUT2D eigenvalue weighted by Crippen LogP contribution is -2.29. The molecule has 0 fully saturated rings. The van der Waals surface area contributed by atoms with Crippen LogP contribution in [0.4, 0.5) is 0 Å². The molecule has 3 nitrogen and oxygen atoms in total. The van der Waals surface area contributed by atoms with Crippen molar-refractivity contribution in [3.05, 3.63) is 23.5 Å². The second-order valence-electron chi connectivity index (χ2n) is 3.81. The number of hydrogen-bond donors (Lipinski definition) is 1. The molecule has 76 valence electrons. The van der Waals surface area contributed by atoms with Crippen LogP contribution in [0.2, 0.25) is 0 Å². The van der Waals surface area contributed by atoms with Gasteiger partial charge in [0.1, 0.15) is 0 Å². The first-order valence-corrected chi connectivity index (χ1v) is 4.84. The van der Waals surface area contributed by atoms with E-state index in [1.54, 1.807) is 0 Å². The molecule has 14 heavy (non-hydrogen) atoms. The summed E-state index contributed by atoms with van der Waals surface area (Å²) in [7, 11) is 1.51. The average Bonchev–Trinajstić information content (AvgIpc) is 2.75. The molecule has 1 N–H and O–H groups in total. The van der Waals surface area contributed by atoms with E-state index < -0.39 is 5.41 Å². The maximum Gasteiger partial charge on any atom is 0.207 e. The van der Waals surface area contributed by atoms with Gasteiger partial charge in [-0.25, -0.2) is 0 Å². The second-order valence-corrected chi connectivity index (χ2v) is 3.81. The number of carbonyl (C=O) groups excluding carboxylic acids is 1. The van der Waals surface area contributed by atoms with Crippen LogP contribution in [-0.2, 0) is 9.53 Å². The summed E-state index contributed by atoms with van der Waals surface area (Å²) in [4.78, 5) is 12.0. The van der Waals surface area contributed by atoms with Crippen molar-refractivity contribution >= 4 is 5.78 Å². The van der Waals surface area contributed by atoms with Crippen LogP contribution in [0.3, 0.4) is 0 Å². The third-order valence-corrected chi connectivity index (χ3v) is 3.26. The lowest BCUT2D eigenvalue weighted by molar-refractivity contribution is -0.124. The smallest absolute Gasteiger partial charge is 0.207 e. The SMILES string of the molecule is COC1=CCC2(CCC=C2CO)C1=O. The third kappa shape index (κ3) is 1.05. The number of rotatable bonds is 2. The van der Waals surface area contributed by atoms with Gasteiger partial charge in [0, 0.05) is 0 Å². The molecular weight excluding hydrogens is 180 g/mol. The van der Waals surface area contributed by atoms with Gasteiger partial charge in [0.2, 0.25) is 5.78 Å². The minimum absolute atomic E-state index is 0.0173. The number of ether oxygens (including phenoxy) is 1. The standard InChI is InChI=1S/C11H14O3/c1-14-9-4-6-11(10(9)13)5-2-3-8(11)7-12/h3-4,12H,2,5-7H2,1H3. The molecule has 1 unspecified atom stereocenters. The molecule has 0 aliphatic heterocycles. The monoisotopic (exact) mass is 194 g/mol. The predicted octanol–water partition coefficient (Wildman–Crippen LogP) is 1.19. The Balaban J connectivity index is 2.30. The average molecular weight is 194 g/mol. The molecule has 0 bridgehead atoms. The Bertz CT molecular complexity index is 327. The van der Waals surface area contributed by atoms with Crippen LogP contribution >= 0.6 is 0 Å². The van der Waals surface area contributed by atoms with Crippen molar-refractivity contribution in [2.24, 2.45) is 5.41 Å². The highest BCUT2D eigenvalue weighted by Crippen LogP contribution is 2.48. The first-order chi connectivity index (χ1) is 6.74. The summed E-state index contributed by atoms with van der Waals surface area (Å²) in [6.45, 7) is -0.0173. The number of ketones is 1. The van der Waals surface area contributed by atoms with E-state index in [0.717, 1.165) is 18.4 Å². The normalized spacial score (nSPS) is 30.9. The van der Waals surface area contributed by atoms with Crippen molar-refractivity contribution in [2.45, 2.75) is 19.3 Å². The van der Waals surface area contributed by atoms with Crippen molar-refractivity contribution in [1.82, 2.24) is 0 Å². The number of allylic oxidation sites excluding steroid dienone is 3. The van der Waals surface area contributed by atoms with Gasteiger partial charge < -0.3 is 9.84 Å². The van der Waals surface area contributed by atoms with E-state index in [0.29, 0.717) is 12.2 Å². The zero-order valence-corrected chi connectivity index (χ0v) is 8.25. The molecule has 2 aliphatic rings. The highest BCUT2D eigenvalue weighted by atomic mass is 16.5. The van der Waals surface area contributed by atoms with Crippen molar-refractivity contribution < 1.29 is 14.6 Å². The number of Topliss-reactive ketones (excluding diaryl/α,β-unsaturated/α-hetero) is 1. The zero-order chi connectivity index (χ0) is 10.2. The Kier molecular flexibility index (Phi) is 2.19. The molecule has 1 atom stereocenters. The highest BCUT2D eigenvalue weighted by molar-refractivity contribution is 6.03. The largest absolute Gasteiger partial charge is 0.493 e. The van der Waals surface area contributed by atoms with Crippen LogP contribution in [0.5, 0.6) is 0 Å².